The highest BCUT2D eigenvalue weighted by Gasteiger charge is 2.30. The predicted octanol–water partition coefficient (Wildman–Crippen LogP) is 24.1. The Bertz CT molecular complexity index is 1670. The molecule has 9 nitrogen and oxygen atoms in total. The summed E-state index contributed by atoms with van der Waals surface area (Å²) in [6.07, 6.45) is 86.7. The summed E-state index contributed by atoms with van der Waals surface area (Å²) in [6.45, 7) is 7.03. The molecule has 0 saturated heterocycles. The third kappa shape index (κ3) is 67.9. The lowest BCUT2D eigenvalue weighted by Gasteiger charge is -2.27. The molecule has 87 heavy (non-hydrogen) atoms. The van der Waals surface area contributed by atoms with Gasteiger partial charge in [-0.3, -0.25) is 18.6 Å². The van der Waals surface area contributed by atoms with Gasteiger partial charge in [0.25, 0.3) is 0 Å². The van der Waals surface area contributed by atoms with E-state index in [1.54, 1.807) is 0 Å². The summed E-state index contributed by atoms with van der Waals surface area (Å²) in [5.41, 5.74) is 0. The van der Waals surface area contributed by atoms with E-state index in [2.05, 4.69) is 74.7 Å². The highest BCUT2D eigenvalue weighted by molar-refractivity contribution is 7.47. The van der Waals surface area contributed by atoms with E-state index in [0.717, 1.165) is 70.6 Å². The van der Waals surface area contributed by atoms with Crippen molar-refractivity contribution in [1.29, 1.82) is 0 Å². The van der Waals surface area contributed by atoms with Gasteiger partial charge >= 0.3 is 13.8 Å². The zero-order valence-electron chi connectivity index (χ0n) is 58.5. The summed E-state index contributed by atoms with van der Waals surface area (Å²) in [5.74, 6) is -0.491. The summed E-state index contributed by atoms with van der Waals surface area (Å²) in [5, 5.41) is 3.08. The topological polar surface area (TPSA) is 111 Å². The van der Waals surface area contributed by atoms with Crippen molar-refractivity contribution >= 4 is 19.7 Å². The summed E-state index contributed by atoms with van der Waals surface area (Å²) in [7, 11) is 1.51. The maximum atomic E-state index is 13.6. The van der Waals surface area contributed by atoms with Gasteiger partial charge in [0, 0.05) is 12.8 Å². The number of quaternary nitrogens is 1. The van der Waals surface area contributed by atoms with Crippen LogP contribution in [0.25, 0.3) is 0 Å². The Hall–Kier alpha value is -2.29. The number of nitrogens with zero attached hydrogens (tertiary/aromatic N) is 1. The first-order valence-electron chi connectivity index (χ1n) is 37.6. The first-order chi connectivity index (χ1) is 42.4. The van der Waals surface area contributed by atoms with E-state index >= 15 is 0 Å². The number of carbonyl (C=O) groups is 2. The van der Waals surface area contributed by atoms with Crippen LogP contribution in [-0.2, 0) is 27.9 Å². The van der Waals surface area contributed by atoms with Crippen molar-refractivity contribution in [2.45, 2.75) is 380 Å². The normalized spacial score (nSPS) is 13.8. The molecule has 10 heteroatoms. The molecule has 3 unspecified atom stereocenters. The highest BCUT2D eigenvalue weighted by atomic mass is 31.2. The Morgan fingerprint density at radius 3 is 1.08 bits per heavy atom. The molecular weight excluding hydrogens is 1100 g/mol. The smallest absolute Gasteiger partial charge is 0.456 e. The second-order valence-corrected chi connectivity index (χ2v) is 28.3. The quantitative estimate of drug-likeness (QED) is 0.0205. The van der Waals surface area contributed by atoms with Crippen LogP contribution < -0.4 is 5.32 Å². The molecule has 0 aliphatic rings. The minimum absolute atomic E-state index is 0.0410. The molecule has 0 aromatic rings. The third-order valence-corrected chi connectivity index (χ3v) is 17.9. The number of unbranched alkanes of at least 4 members (excludes halogenated alkanes) is 45. The lowest BCUT2D eigenvalue weighted by molar-refractivity contribution is -0.870. The van der Waals surface area contributed by atoms with Crippen LogP contribution in [0.5, 0.6) is 0 Å². The SMILES string of the molecule is CCCCC/C=C\C/C=C\C/C=C\CCCCCCCCCCCCCCCCC(=O)OC(/C=C/CCCCCCCCCCC)C(COP(=O)(O)OCC[N+](C)(C)C)NC(=O)CCCCCCCCCCCCCCC/C=C/CCCCCCCC. The number of amides is 1. The Morgan fingerprint density at radius 1 is 0.402 bits per heavy atom. The fourth-order valence-electron chi connectivity index (χ4n) is 11.1. The van der Waals surface area contributed by atoms with E-state index in [1.807, 2.05) is 33.3 Å². The number of phosphoric ester groups is 1. The number of rotatable bonds is 69. The average molecular weight is 1240 g/mol. The standard InChI is InChI=1S/C77H145N2O7P/c1-7-10-13-16-19-22-25-27-29-31-33-35-37-38-39-40-42-44-46-48-50-52-55-58-61-64-67-70-77(81)86-75(68-65-62-59-56-53-24-21-18-15-12-9-3)74(73-85-87(82,83)84-72-71-79(4,5)6)78-76(80)69-66-63-60-57-54-51-49-47-45-43-41-36-34-32-30-28-26-23-20-17-14-11-8-2/h19,22,27-30,33,35,65,68,74-75H,7-18,20-21,23-26,31-32,34,36-64,66-67,69-73H2,1-6H3,(H-,78,80,82,83)/p+1/b22-19-,29-27-,30-28+,35-33-,68-65+. The van der Waals surface area contributed by atoms with Gasteiger partial charge in [-0.15, -0.1) is 0 Å². The predicted molar refractivity (Wildman–Crippen MR) is 378 cm³/mol. The molecule has 1 amide bonds. The second-order valence-electron chi connectivity index (χ2n) is 26.8. The highest BCUT2D eigenvalue weighted by Crippen LogP contribution is 2.43. The van der Waals surface area contributed by atoms with Crippen LogP contribution in [0.15, 0.2) is 60.8 Å². The van der Waals surface area contributed by atoms with Crippen molar-refractivity contribution in [1.82, 2.24) is 5.32 Å². The van der Waals surface area contributed by atoms with Crippen LogP contribution >= 0.6 is 7.82 Å². The zero-order chi connectivity index (χ0) is 63.5. The van der Waals surface area contributed by atoms with Crippen molar-refractivity contribution in [3.8, 4) is 0 Å². The largest absolute Gasteiger partial charge is 0.472 e. The molecule has 510 valence electrons. The molecule has 0 spiro atoms. The number of hydrogen-bond acceptors (Lipinski definition) is 6. The number of carbonyl (C=O) groups excluding carboxylic acids is 2. The molecule has 0 aliphatic heterocycles. The number of likely N-dealkylation sites (N-methyl/N-ethyl adjacent to an activating group) is 1. The molecule has 0 heterocycles. The van der Waals surface area contributed by atoms with E-state index in [-0.39, 0.29) is 25.1 Å². The van der Waals surface area contributed by atoms with Crippen molar-refractivity contribution in [2.24, 2.45) is 0 Å². The van der Waals surface area contributed by atoms with Gasteiger partial charge in [-0.25, -0.2) is 4.57 Å². The van der Waals surface area contributed by atoms with Crippen molar-refractivity contribution < 1.29 is 37.3 Å². The number of ether oxygens (including phenoxy) is 1. The van der Waals surface area contributed by atoms with Crippen molar-refractivity contribution in [2.75, 3.05) is 40.9 Å². The summed E-state index contributed by atoms with van der Waals surface area (Å²) < 4.78 is 30.9. The maximum absolute atomic E-state index is 13.6. The summed E-state index contributed by atoms with van der Waals surface area (Å²) in [6, 6.07) is -0.849. The minimum Gasteiger partial charge on any atom is -0.456 e. The molecule has 0 saturated carbocycles. The van der Waals surface area contributed by atoms with Crippen LogP contribution in [0.1, 0.15) is 367 Å². The first-order valence-corrected chi connectivity index (χ1v) is 39.1. The van der Waals surface area contributed by atoms with Gasteiger partial charge in [0.15, 0.2) is 0 Å². The Labute approximate surface area is 541 Å². The molecule has 0 aromatic carbocycles. The van der Waals surface area contributed by atoms with Gasteiger partial charge in [-0.1, -0.05) is 319 Å². The Balaban J connectivity index is 4.93. The second kappa shape index (κ2) is 66.6. The Morgan fingerprint density at radius 2 is 0.701 bits per heavy atom. The number of nitrogens with one attached hydrogen (secondary N) is 1. The number of esters is 1. The van der Waals surface area contributed by atoms with E-state index in [0.29, 0.717) is 23.9 Å². The van der Waals surface area contributed by atoms with Crippen molar-refractivity contribution in [3.63, 3.8) is 0 Å². The lowest BCUT2D eigenvalue weighted by atomic mass is 10.0. The molecule has 3 atom stereocenters. The third-order valence-electron chi connectivity index (χ3n) is 16.9. The van der Waals surface area contributed by atoms with E-state index in [4.69, 9.17) is 13.8 Å². The summed E-state index contributed by atoms with van der Waals surface area (Å²) >= 11 is 0. The molecule has 2 N–H and O–H groups in total. The van der Waals surface area contributed by atoms with Gasteiger partial charge in [0.05, 0.1) is 33.8 Å². The number of allylic oxidation sites excluding steroid dienone is 9. The molecule has 0 rings (SSSR count). The van der Waals surface area contributed by atoms with Crippen molar-refractivity contribution in [3.05, 3.63) is 60.8 Å². The van der Waals surface area contributed by atoms with Crippen LogP contribution in [0, 0.1) is 0 Å². The van der Waals surface area contributed by atoms with E-state index < -0.39 is 20.0 Å². The van der Waals surface area contributed by atoms with Gasteiger partial charge < -0.3 is 19.4 Å². The van der Waals surface area contributed by atoms with E-state index in [1.165, 1.54) is 263 Å². The maximum Gasteiger partial charge on any atom is 0.472 e. The fourth-order valence-corrected chi connectivity index (χ4v) is 11.9. The molecule has 0 aromatic heterocycles. The molecule has 0 aliphatic carbocycles. The van der Waals surface area contributed by atoms with Crippen LogP contribution in [0.2, 0.25) is 0 Å². The zero-order valence-corrected chi connectivity index (χ0v) is 59.4. The summed E-state index contributed by atoms with van der Waals surface area (Å²) in [4.78, 5) is 37.9. The Kier molecular flexibility index (Phi) is 64.9. The fraction of sp³-hybridized carbons (Fsp3) is 0.844. The van der Waals surface area contributed by atoms with Gasteiger partial charge in [-0.05, 0) is 96.0 Å². The van der Waals surface area contributed by atoms with Gasteiger partial charge in [0.1, 0.15) is 19.3 Å². The van der Waals surface area contributed by atoms with Crippen LogP contribution in [0.4, 0.5) is 0 Å². The monoisotopic (exact) mass is 1240 g/mol. The first kappa shape index (κ1) is 84.7. The average Bonchev–Trinajstić information content (AvgIpc) is 3.70. The number of phosphoric acid groups is 1. The minimum atomic E-state index is -4.45. The number of hydrogen-bond donors (Lipinski definition) is 2. The lowest BCUT2D eigenvalue weighted by Crippen LogP contribution is -2.47. The molecule has 0 radical (unpaired) electrons. The van der Waals surface area contributed by atoms with Crippen LogP contribution in [0.3, 0.4) is 0 Å². The molecular formula is C77H146N2O7P+. The van der Waals surface area contributed by atoms with Gasteiger partial charge in [0.2, 0.25) is 5.91 Å². The molecule has 0 bridgehead atoms. The van der Waals surface area contributed by atoms with Crippen LogP contribution in [-0.4, -0.2) is 74.3 Å². The van der Waals surface area contributed by atoms with E-state index in [9.17, 15) is 19.0 Å². The molecule has 0 fully saturated rings. The van der Waals surface area contributed by atoms with Gasteiger partial charge in [-0.2, -0.15) is 0 Å².